The average molecular weight is 341 g/mol. The number of methoxy groups -OCH3 is 2. The number of aliphatic imine (C=N–C) groups is 1. The molecule has 0 spiro atoms. The van der Waals surface area contributed by atoms with Crippen LogP contribution in [0.3, 0.4) is 0 Å². The van der Waals surface area contributed by atoms with Crippen molar-refractivity contribution in [1.82, 2.24) is 10.6 Å². The van der Waals surface area contributed by atoms with Crippen LogP contribution >= 0.6 is 0 Å². The Balaban J connectivity index is 1.99. The summed E-state index contributed by atoms with van der Waals surface area (Å²) in [5.41, 5.74) is 4.81. The van der Waals surface area contributed by atoms with Crippen molar-refractivity contribution in [3.05, 3.63) is 58.7 Å². The maximum Gasteiger partial charge on any atom is 0.191 e. The highest BCUT2D eigenvalue weighted by Crippen LogP contribution is 2.30. The predicted molar refractivity (Wildman–Crippen MR) is 103 cm³/mol. The number of aryl methyl sites for hydroxylation is 2. The molecule has 0 saturated carbocycles. The van der Waals surface area contributed by atoms with Crippen molar-refractivity contribution in [2.45, 2.75) is 26.9 Å². The van der Waals surface area contributed by atoms with Crippen molar-refractivity contribution in [1.29, 1.82) is 0 Å². The molecule has 0 atom stereocenters. The number of benzene rings is 2. The first-order chi connectivity index (χ1) is 12.1. The van der Waals surface area contributed by atoms with Crippen molar-refractivity contribution in [3.63, 3.8) is 0 Å². The Morgan fingerprint density at radius 2 is 1.68 bits per heavy atom. The predicted octanol–water partition coefficient (Wildman–Crippen LogP) is 3.19. The molecule has 2 aromatic rings. The van der Waals surface area contributed by atoms with E-state index in [9.17, 15) is 0 Å². The van der Waals surface area contributed by atoms with Gasteiger partial charge in [-0.15, -0.1) is 0 Å². The van der Waals surface area contributed by atoms with Crippen molar-refractivity contribution in [3.8, 4) is 11.5 Å². The molecule has 134 valence electrons. The van der Waals surface area contributed by atoms with Gasteiger partial charge >= 0.3 is 0 Å². The molecular weight excluding hydrogens is 314 g/mol. The van der Waals surface area contributed by atoms with Crippen LogP contribution < -0.4 is 20.1 Å². The highest BCUT2D eigenvalue weighted by Gasteiger charge is 2.10. The molecule has 0 radical (unpaired) electrons. The van der Waals surface area contributed by atoms with Crippen molar-refractivity contribution in [2.75, 3.05) is 21.3 Å². The third kappa shape index (κ3) is 4.89. The standard InChI is InChI=1S/C20H27N3O2/c1-14-9-10-16(15(2)11-14)12-22-20(21-3)23-13-17-7-6-8-18(24-4)19(17)25-5/h6-11H,12-13H2,1-5H3,(H2,21,22,23). The number of guanidine groups is 1. The van der Waals surface area contributed by atoms with Crippen molar-refractivity contribution < 1.29 is 9.47 Å². The van der Waals surface area contributed by atoms with Crippen LogP contribution in [0, 0.1) is 13.8 Å². The number of rotatable bonds is 6. The quantitative estimate of drug-likeness (QED) is 0.626. The van der Waals surface area contributed by atoms with Gasteiger partial charge in [0.15, 0.2) is 17.5 Å². The first kappa shape index (κ1) is 18.6. The summed E-state index contributed by atoms with van der Waals surface area (Å²) in [6.45, 7) is 5.54. The monoisotopic (exact) mass is 341 g/mol. The van der Waals surface area contributed by atoms with Crippen LogP contribution in [-0.2, 0) is 13.1 Å². The van der Waals surface area contributed by atoms with Gasteiger partial charge in [-0.2, -0.15) is 0 Å². The highest BCUT2D eigenvalue weighted by molar-refractivity contribution is 5.79. The number of ether oxygens (including phenoxy) is 2. The fourth-order valence-corrected chi connectivity index (χ4v) is 2.72. The molecule has 2 rings (SSSR count). The SMILES string of the molecule is CN=C(NCc1ccc(C)cc1C)NCc1cccc(OC)c1OC. The number of nitrogens with one attached hydrogen (secondary N) is 2. The Bertz CT molecular complexity index is 742. The summed E-state index contributed by atoms with van der Waals surface area (Å²) < 4.78 is 10.8. The Labute approximate surface area is 150 Å². The first-order valence-electron chi connectivity index (χ1n) is 8.29. The van der Waals surface area contributed by atoms with Crippen LogP contribution in [-0.4, -0.2) is 27.2 Å². The third-order valence-electron chi connectivity index (χ3n) is 4.10. The Morgan fingerprint density at radius 1 is 0.960 bits per heavy atom. The van der Waals surface area contributed by atoms with Gasteiger partial charge in [0.1, 0.15) is 0 Å². The van der Waals surface area contributed by atoms with E-state index in [0.29, 0.717) is 6.54 Å². The average Bonchev–Trinajstić information content (AvgIpc) is 2.62. The molecule has 0 aliphatic rings. The molecule has 25 heavy (non-hydrogen) atoms. The zero-order valence-corrected chi connectivity index (χ0v) is 15.6. The number of para-hydroxylation sites is 1. The van der Waals surface area contributed by atoms with Gasteiger partial charge in [0.05, 0.1) is 14.2 Å². The summed E-state index contributed by atoms with van der Waals surface area (Å²) in [5.74, 6) is 2.20. The highest BCUT2D eigenvalue weighted by atomic mass is 16.5. The number of hydrogen-bond acceptors (Lipinski definition) is 3. The van der Waals surface area contributed by atoms with E-state index in [-0.39, 0.29) is 0 Å². The first-order valence-corrected chi connectivity index (χ1v) is 8.29. The lowest BCUT2D eigenvalue weighted by atomic mass is 10.1. The molecule has 2 aromatic carbocycles. The summed E-state index contributed by atoms with van der Waals surface area (Å²) in [5, 5.41) is 6.67. The lowest BCUT2D eigenvalue weighted by molar-refractivity contribution is 0.351. The topological polar surface area (TPSA) is 54.9 Å². The van der Waals surface area contributed by atoms with Gasteiger partial charge in [-0.25, -0.2) is 0 Å². The smallest absolute Gasteiger partial charge is 0.191 e. The van der Waals surface area contributed by atoms with Crippen LogP contribution in [0.2, 0.25) is 0 Å². The minimum Gasteiger partial charge on any atom is -0.493 e. The molecule has 2 N–H and O–H groups in total. The molecule has 0 saturated heterocycles. The van der Waals surface area contributed by atoms with Crippen molar-refractivity contribution in [2.24, 2.45) is 4.99 Å². The Morgan fingerprint density at radius 3 is 2.28 bits per heavy atom. The molecule has 0 aliphatic heterocycles. The lowest BCUT2D eigenvalue weighted by Gasteiger charge is -2.16. The van der Waals surface area contributed by atoms with E-state index < -0.39 is 0 Å². The van der Waals surface area contributed by atoms with Crippen LogP contribution in [0.4, 0.5) is 0 Å². The van der Waals surface area contributed by atoms with Crippen LogP contribution in [0.1, 0.15) is 22.3 Å². The number of nitrogens with zero attached hydrogens (tertiary/aromatic N) is 1. The van der Waals surface area contributed by atoms with Gasteiger partial charge in [-0.05, 0) is 31.0 Å². The summed E-state index contributed by atoms with van der Waals surface area (Å²) in [6.07, 6.45) is 0. The van der Waals surface area contributed by atoms with Crippen molar-refractivity contribution >= 4 is 5.96 Å². The molecule has 0 amide bonds. The molecule has 0 aliphatic carbocycles. The summed E-state index contributed by atoms with van der Waals surface area (Å²) in [6, 6.07) is 12.3. The second kappa shape index (κ2) is 8.97. The maximum atomic E-state index is 5.46. The summed E-state index contributed by atoms with van der Waals surface area (Å²) in [4.78, 5) is 4.29. The molecule has 0 fully saturated rings. The molecule has 5 nitrogen and oxygen atoms in total. The van der Waals surface area contributed by atoms with Gasteiger partial charge in [-0.1, -0.05) is 35.9 Å². The molecule has 0 bridgehead atoms. The van der Waals surface area contributed by atoms with E-state index in [4.69, 9.17) is 9.47 Å². The molecule has 0 aromatic heterocycles. The zero-order valence-electron chi connectivity index (χ0n) is 15.6. The zero-order chi connectivity index (χ0) is 18.2. The second-order valence-corrected chi connectivity index (χ2v) is 5.86. The van der Waals surface area contributed by atoms with Gasteiger partial charge in [0.25, 0.3) is 0 Å². The van der Waals surface area contributed by atoms with Gasteiger partial charge in [-0.3, -0.25) is 4.99 Å². The largest absolute Gasteiger partial charge is 0.493 e. The normalized spacial score (nSPS) is 11.2. The molecule has 0 heterocycles. The molecule has 5 heteroatoms. The molecular formula is C20H27N3O2. The molecule has 0 unspecified atom stereocenters. The van der Waals surface area contributed by atoms with E-state index in [1.165, 1.54) is 16.7 Å². The van der Waals surface area contributed by atoms with Crippen LogP contribution in [0.25, 0.3) is 0 Å². The summed E-state index contributed by atoms with van der Waals surface area (Å²) >= 11 is 0. The maximum absolute atomic E-state index is 5.46. The second-order valence-electron chi connectivity index (χ2n) is 5.86. The van der Waals surface area contributed by atoms with Gasteiger partial charge in [0.2, 0.25) is 0 Å². The Hall–Kier alpha value is -2.69. The van der Waals surface area contributed by atoms with E-state index in [2.05, 4.69) is 47.7 Å². The summed E-state index contributed by atoms with van der Waals surface area (Å²) in [7, 11) is 5.05. The van der Waals surface area contributed by atoms with Gasteiger partial charge in [0, 0.05) is 25.7 Å². The van der Waals surface area contributed by atoms with E-state index in [0.717, 1.165) is 29.6 Å². The fourth-order valence-electron chi connectivity index (χ4n) is 2.72. The van der Waals surface area contributed by atoms with Crippen LogP contribution in [0.5, 0.6) is 11.5 Å². The number of hydrogen-bond donors (Lipinski definition) is 2. The Kier molecular flexibility index (Phi) is 6.69. The van der Waals surface area contributed by atoms with E-state index in [1.54, 1.807) is 21.3 Å². The van der Waals surface area contributed by atoms with Gasteiger partial charge < -0.3 is 20.1 Å². The van der Waals surface area contributed by atoms with E-state index in [1.807, 2.05) is 18.2 Å². The van der Waals surface area contributed by atoms with E-state index >= 15 is 0 Å². The fraction of sp³-hybridized carbons (Fsp3) is 0.350. The third-order valence-corrected chi connectivity index (χ3v) is 4.10. The minimum absolute atomic E-state index is 0.590. The van der Waals surface area contributed by atoms with Crippen LogP contribution in [0.15, 0.2) is 41.4 Å². The minimum atomic E-state index is 0.590. The lowest BCUT2D eigenvalue weighted by Crippen LogP contribution is -2.36.